The second-order valence-corrected chi connectivity index (χ2v) is 26.1. The molecule has 0 saturated carbocycles. The van der Waals surface area contributed by atoms with E-state index in [1.165, 1.54) is 93.0 Å². The van der Waals surface area contributed by atoms with Crippen molar-refractivity contribution in [2.45, 2.75) is 107 Å². The van der Waals surface area contributed by atoms with Crippen LogP contribution in [-0.2, 0) is 33.1 Å². The van der Waals surface area contributed by atoms with E-state index >= 15 is 0 Å². The first kappa shape index (κ1) is 38.1. The van der Waals surface area contributed by atoms with E-state index in [-0.39, 0.29) is 24.8 Å². The minimum atomic E-state index is -2.77. The Hall–Kier alpha value is -2.18. The van der Waals surface area contributed by atoms with Crippen molar-refractivity contribution in [2.24, 2.45) is 0 Å². The van der Waals surface area contributed by atoms with Gasteiger partial charge in [-0.15, -0.1) is 0 Å². The van der Waals surface area contributed by atoms with Crippen molar-refractivity contribution in [3.8, 4) is 22.3 Å². The van der Waals surface area contributed by atoms with Gasteiger partial charge in [-0.2, -0.15) is 0 Å². The summed E-state index contributed by atoms with van der Waals surface area (Å²) in [4.78, 5) is 0. The molecule has 7 rings (SSSR count). The summed E-state index contributed by atoms with van der Waals surface area (Å²) < 4.78 is 4.48. The summed E-state index contributed by atoms with van der Waals surface area (Å²) in [6, 6.07) is 33.7. The first-order valence-electron chi connectivity index (χ1n) is 19.0. The molecule has 0 N–H and O–H groups in total. The Morgan fingerprint density at radius 3 is 1.24 bits per heavy atom. The Morgan fingerprint density at radius 2 is 0.898 bits per heavy atom. The third kappa shape index (κ3) is 7.43. The Kier molecular flexibility index (Phi) is 13.1. The molecule has 0 radical (unpaired) electrons. The van der Waals surface area contributed by atoms with E-state index < -0.39 is 20.3 Å². The Balaban J connectivity index is 0.00000234. The minimum Gasteiger partial charge on any atom is -1.00 e. The van der Waals surface area contributed by atoms with Gasteiger partial charge in [-0.25, -0.2) is 0 Å². The number of rotatable bonds is 14. The molecular formula is C46H54Cl2Zr. The fourth-order valence-electron chi connectivity index (χ4n) is 9.15. The van der Waals surface area contributed by atoms with Gasteiger partial charge in [0.2, 0.25) is 0 Å². The van der Waals surface area contributed by atoms with E-state index in [0.29, 0.717) is 7.25 Å². The van der Waals surface area contributed by atoms with Crippen molar-refractivity contribution in [1.29, 1.82) is 0 Å². The number of halogens is 2. The molecule has 4 aromatic rings. The van der Waals surface area contributed by atoms with Crippen molar-refractivity contribution in [1.82, 2.24) is 0 Å². The molecule has 0 nitrogen and oxygen atoms in total. The molecule has 1 fully saturated rings. The smallest absolute Gasteiger partial charge is 1.00 e. The molecule has 256 valence electrons. The quantitative estimate of drug-likeness (QED) is 0.123. The number of hydrogen-bond acceptors (Lipinski definition) is 0. The average Bonchev–Trinajstić information content (AvgIpc) is 3.64. The first-order chi connectivity index (χ1) is 23.1. The van der Waals surface area contributed by atoms with Crippen LogP contribution >= 0.6 is 0 Å². The number of benzene rings is 4. The van der Waals surface area contributed by atoms with E-state index in [1.807, 2.05) is 0 Å². The van der Waals surface area contributed by atoms with Gasteiger partial charge in [0.25, 0.3) is 0 Å². The molecule has 2 atom stereocenters. The summed E-state index contributed by atoms with van der Waals surface area (Å²) in [6.45, 7) is 9.29. The maximum absolute atomic E-state index is 2.77. The van der Waals surface area contributed by atoms with E-state index in [9.17, 15) is 0 Å². The predicted octanol–water partition coefficient (Wildman–Crippen LogP) is 7.89. The maximum atomic E-state index is 2.70. The second kappa shape index (κ2) is 16.9. The number of hydrogen-bond donors (Lipinski definition) is 0. The third-order valence-corrected chi connectivity index (χ3v) is 24.6. The Morgan fingerprint density at radius 1 is 0.490 bits per heavy atom. The van der Waals surface area contributed by atoms with Crippen molar-refractivity contribution >= 4 is 12.2 Å². The molecule has 1 heterocycles. The Labute approximate surface area is 314 Å². The fourth-order valence-corrected chi connectivity index (χ4v) is 26.7. The van der Waals surface area contributed by atoms with Crippen LogP contribution in [-0.4, -0.2) is 0 Å². The molecule has 49 heavy (non-hydrogen) atoms. The van der Waals surface area contributed by atoms with Crippen LogP contribution in [0.15, 0.2) is 96.1 Å². The third-order valence-electron chi connectivity index (χ3n) is 11.5. The zero-order valence-electron chi connectivity index (χ0n) is 30.1. The van der Waals surface area contributed by atoms with Gasteiger partial charge in [0.1, 0.15) is 0 Å². The van der Waals surface area contributed by atoms with Gasteiger partial charge >= 0.3 is 292 Å². The molecule has 3 heteroatoms. The SMILES string of the molecule is CCCCC1=Cc2c(-c3ccc(CCC)cc3)cccc2[CH]1[Zr+2]1([CH]2C(CCCC)=Cc3c(-c4ccc(CCC)cc4)cccc32)[CH2][CH2]1.[Cl-].[Cl-]. The predicted molar refractivity (Wildman–Crippen MR) is 202 cm³/mol. The number of aryl methyl sites for hydroxylation is 2. The molecule has 1 aliphatic heterocycles. The van der Waals surface area contributed by atoms with Crippen LogP contribution in [0.3, 0.4) is 0 Å². The van der Waals surface area contributed by atoms with Crippen LogP contribution in [0.5, 0.6) is 0 Å². The monoisotopic (exact) mass is 766 g/mol. The molecule has 0 amide bonds. The molecule has 0 aromatic heterocycles. The molecule has 2 aliphatic carbocycles. The standard InChI is InChI=1S/2C22H25.C2H4.2ClH.Zr/c2*1-3-5-8-18-15-20-9-6-10-21(22(20)16-18)19-13-11-17(7-4-2)12-14-19;1-2;;;/h2*6,9-16H,3-5,7-8H2,1-2H3;1-2H2;2*1H;/q;;;;;+2/p-2. The second-order valence-electron chi connectivity index (χ2n) is 14.8. The fraction of sp³-hybridized carbons (Fsp3) is 0.391. The van der Waals surface area contributed by atoms with E-state index in [0.717, 1.165) is 12.8 Å². The van der Waals surface area contributed by atoms with Crippen molar-refractivity contribution in [2.75, 3.05) is 0 Å². The summed E-state index contributed by atoms with van der Waals surface area (Å²) >= 11 is -2.77. The van der Waals surface area contributed by atoms with E-state index in [2.05, 4.69) is 125 Å². The van der Waals surface area contributed by atoms with Crippen LogP contribution < -0.4 is 24.8 Å². The molecule has 1 saturated heterocycles. The summed E-state index contributed by atoms with van der Waals surface area (Å²) in [5, 5.41) is 0. The number of fused-ring (bicyclic) bond motifs is 2. The van der Waals surface area contributed by atoms with Crippen LogP contribution in [0.1, 0.15) is 120 Å². The van der Waals surface area contributed by atoms with Gasteiger partial charge in [-0.3, -0.25) is 0 Å². The zero-order valence-corrected chi connectivity index (χ0v) is 34.1. The van der Waals surface area contributed by atoms with Crippen molar-refractivity contribution in [3.05, 3.63) is 129 Å². The minimum absolute atomic E-state index is 0. The summed E-state index contributed by atoms with van der Waals surface area (Å²) in [7, 11) is 0. The van der Waals surface area contributed by atoms with E-state index in [1.54, 1.807) is 33.4 Å². The van der Waals surface area contributed by atoms with Gasteiger partial charge in [0, 0.05) is 0 Å². The van der Waals surface area contributed by atoms with Gasteiger partial charge in [0.05, 0.1) is 0 Å². The largest absolute Gasteiger partial charge is 1.00 e. The van der Waals surface area contributed by atoms with Gasteiger partial charge < -0.3 is 24.8 Å². The summed E-state index contributed by atoms with van der Waals surface area (Å²) in [5.74, 6) is 0. The molecule has 3 aliphatic rings. The summed E-state index contributed by atoms with van der Waals surface area (Å²) in [6.07, 6.45) is 17.8. The number of allylic oxidation sites excluding steroid dienone is 2. The zero-order chi connectivity index (χ0) is 32.4. The average molecular weight is 769 g/mol. The molecule has 4 aromatic carbocycles. The Bertz CT molecular complexity index is 1650. The van der Waals surface area contributed by atoms with E-state index in [4.69, 9.17) is 0 Å². The van der Waals surface area contributed by atoms with Crippen molar-refractivity contribution in [3.63, 3.8) is 0 Å². The van der Waals surface area contributed by atoms with Crippen LogP contribution in [0.2, 0.25) is 8.26 Å². The van der Waals surface area contributed by atoms with Crippen molar-refractivity contribution < 1.29 is 45.1 Å². The van der Waals surface area contributed by atoms with Crippen LogP contribution in [0.25, 0.3) is 34.4 Å². The van der Waals surface area contributed by atoms with Crippen LogP contribution in [0, 0.1) is 0 Å². The maximum Gasteiger partial charge on any atom is -1.00 e. The van der Waals surface area contributed by atoms with Gasteiger partial charge in [-0.1, -0.05) is 0 Å². The molecule has 2 unspecified atom stereocenters. The normalized spacial score (nSPS) is 17.5. The molecule has 0 bridgehead atoms. The number of unbranched alkanes of at least 4 members (excludes halogenated alkanes) is 2. The molecular weight excluding hydrogens is 715 g/mol. The van der Waals surface area contributed by atoms with Gasteiger partial charge in [0.15, 0.2) is 0 Å². The first-order valence-corrected chi connectivity index (χ1v) is 25.3. The molecule has 0 spiro atoms. The van der Waals surface area contributed by atoms with Crippen LogP contribution in [0.4, 0.5) is 0 Å². The topological polar surface area (TPSA) is 0 Å². The summed E-state index contributed by atoms with van der Waals surface area (Å²) in [5.41, 5.74) is 18.6. The van der Waals surface area contributed by atoms with Gasteiger partial charge in [-0.05, 0) is 0 Å².